The maximum absolute atomic E-state index is 13.3. The van der Waals surface area contributed by atoms with Crippen molar-refractivity contribution in [3.05, 3.63) is 35.4 Å². The van der Waals surface area contributed by atoms with Gasteiger partial charge in [-0.05, 0) is 18.2 Å². The molecule has 1 aliphatic heterocycles. The average molecular weight is 241 g/mol. The molecule has 0 spiro atoms. The molecule has 0 aromatic heterocycles. The Morgan fingerprint density at radius 1 is 1.29 bits per heavy atom. The highest BCUT2D eigenvalue weighted by molar-refractivity contribution is 5.95. The van der Waals surface area contributed by atoms with Crippen LogP contribution in [0.4, 0.5) is 8.78 Å². The lowest BCUT2D eigenvalue weighted by Crippen LogP contribution is -2.53. The molecule has 1 aromatic rings. The summed E-state index contributed by atoms with van der Waals surface area (Å²) in [6.07, 6.45) is 0. The zero-order valence-electron chi connectivity index (χ0n) is 8.69. The lowest BCUT2D eigenvalue weighted by molar-refractivity contribution is -0.146. The van der Waals surface area contributed by atoms with Gasteiger partial charge in [0.25, 0.3) is 5.91 Å². The molecule has 1 fully saturated rings. The number of hydrogen-bond donors (Lipinski definition) is 1. The van der Waals surface area contributed by atoms with E-state index in [2.05, 4.69) is 0 Å². The number of hydrogen-bond acceptors (Lipinski definition) is 2. The number of carbonyl (C=O) groups is 2. The first-order chi connectivity index (χ1) is 7.99. The molecule has 2 rings (SSSR count). The monoisotopic (exact) mass is 241 g/mol. The van der Waals surface area contributed by atoms with Gasteiger partial charge in [0.05, 0.1) is 11.5 Å². The quantitative estimate of drug-likeness (QED) is 0.844. The van der Waals surface area contributed by atoms with Gasteiger partial charge in [-0.25, -0.2) is 8.78 Å². The fraction of sp³-hybridized carbons (Fsp3) is 0.273. The van der Waals surface area contributed by atoms with Gasteiger partial charge in [-0.3, -0.25) is 9.59 Å². The normalized spacial score (nSPS) is 15.5. The van der Waals surface area contributed by atoms with Crippen LogP contribution in [0, 0.1) is 17.6 Å². The number of carboxylic acid groups (broad SMARTS) is 1. The molecule has 17 heavy (non-hydrogen) atoms. The van der Waals surface area contributed by atoms with Crippen LogP contribution in [0.25, 0.3) is 0 Å². The Labute approximate surface area is 95.5 Å². The van der Waals surface area contributed by atoms with Gasteiger partial charge in [0.15, 0.2) is 0 Å². The van der Waals surface area contributed by atoms with Gasteiger partial charge in [-0.15, -0.1) is 0 Å². The third-order valence-electron chi connectivity index (χ3n) is 2.68. The van der Waals surface area contributed by atoms with Crippen molar-refractivity contribution in [2.75, 3.05) is 13.1 Å². The van der Waals surface area contributed by atoms with Crippen LogP contribution in [0.15, 0.2) is 18.2 Å². The third-order valence-corrected chi connectivity index (χ3v) is 2.68. The highest BCUT2D eigenvalue weighted by Gasteiger charge is 2.36. The summed E-state index contributed by atoms with van der Waals surface area (Å²) in [5.41, 5.74) is -0.367. The number of carboxylic acids is 1. The maximum atomic E-state index is 13.3. The first kappa shape index (κ1) is 11.5. The van der Waals surface area contributed by atoms with Crippen molar-refractivity contribution in [3.63, 3.8) is 0 Å². The van der Waals surface area contributed by atoms with Crippen LogP contribution in [-0.4, -0.2) is 35.0 Å². The van der Waals surface area contributed by atoms with Gasteiger partial charge in [0.1, 0.15) is 11.6 Å². The largest absolute Gasteiger partial charge is 0.481 e. The van der Waals surface area contributed by atoms with Gasteiger partial charge >= 0.3 is 5.97 Å². The molecule has 0 bridgehead atoms. The Hall–Kier alpha value is -1.98. The molecule has 0 unspecified atom stereocenters. The molecular weight excluding hydrogens is 232 g/mol. The molecule has 1 aromatic carbocycles. The second kappa shape index (κ2) is 4.12. The highest BCUT2D eigenvalue weighted by atomic mass is 19.1. The van der Waals surface area contributed by atoms with E-state index >= 15 is 0 Å². The second-order valence-electron chi connectivity index (χ2n) is 3.87. The van der Waals surface area contributed by atoms with E-state index in [1.54, 1.807) is 0 Å². The lowest BCUT2D eigenvalue weighted by Gasteiger charge is -2.36. The number of benzene rings is 1. The highest BCUT2D eigenvalue weighted by Crippen LogP contribution is 2.20. The van der Waals surface area contributed by atoms with Crippen molar-refractivity contribution < 1.29 is 23.5 Å². The first-order valence-corrected chi connectivity index (χ1v) is 4.96. The summed E-state index contributed by atoms with van der Waals surface area (Å²) >= 11 is 0. The summed E-state index contributed by atoms with van der Waals surface area (Å²) in [7, 11) is 0. The molecule has 0 aliphatic carbocycles. The molecule has 1 saturated heterocycles. The standard InChI is InChI=1S/C11H9F2NO3/c12-7-1-2-9(13)8(3-7)10(15)14-4-6(5-14)11(16)17/h1-3,6H,4-5H2,(H,16,17). The van der Waals surface area contributed by atoms with Crippen LogP contribution in [-0.2, 0) is 4.79 Å². The molecule has 6 heteroatoms. The summed E-state index contributed by atoms with van der Waals surface area (Å²) in [5, 5.41) is 8.63. The molecule has 1 aliphatic rings. The van der Waals surface area contributed by atoms with Gasteiger partial charge in [0, 0.05) is 13.1 Å². The van der Waals surface area contributed by atoms with Crippen molar-refractivity contribution in [3.8, 4) is 0 Å². The van der Waals surface area contributed by atoms with Crippen LogP contribution in [0.3, 0.4) is 0 Å². The Morgan fingerprint density at radius 2 is 1.94 bits per heavy atom. The zero-order valence-corrected chi connectivity index (χ0v) is 8.69. The van der Waals surface area contributed by atoms with Gasteiger partial charge in [-0.2, -0.15) is 0 Å². The zero-order chi connectivity index (χ0) is 12.6. The molecule has 1 amide bonds. The van der Waals surface area contributed by atoms with Crippen molar-refractivity contribution in [2.24, 2.45) is 5.92 Å². The molecule has 1 N–H and O–H groups in total. The number of nitrogens with zero attached hydrogens (tertiary/aromatic N) is 1. The van der Waals surface area contributed by atoms with E-state index in [4.69, 9.17) is 5.11 Å². The van der Waals surface area contributed by atoms with E-state index in [-0.39, 0.29) is 18.7 Å². The minimum absolute atomic E-state index is 0.0319. The van der Waals surface area contributed by atoms with E-state index < -0.39 is 29.4 Å². The summed E-state index contributed by atoms with van der Waals surface area (Å²) in [5.74, 6) is -3.80. The number of amides is 1. The van der Waals surface area contributed by atoms with E-state index in [9.17, 15) is 18.4 Å². The fourth-order valence-corrected chi connectivity index (χ4v) is 1.63. The first-order valence-electron chi connectivity index (χ1n) is 4.96. The van der Waals surface area contributed by atoms with E-state index in [1.807, 2.05) is 0 Å². The number of halogens is 2. The minimum Gasteiger partial charge on any atom is -0.481 e. The number of carbonyl (C=O) groups excluding carboxylic acids is 1. The predicted octanol–water partition coefficient (Wildman–Crippen LogP) is 1.12. The van der Waals surface area contributed by atoms with Crippen molar-refractivity contribution in [2.45, 2.75) is 0 Å². The van der Waals surface area contributed by atoms with E-state index in [1.165, 1.54) is 4.90 Å². The van der Waals surface area contributed by atoms with Gasteiger partial charge < -0.3 is 10.0 Å². The molecule has 0 saturated carbocycles. The number of rotatable bonds is 2. The summed E-state index contributed by atoms with van der Waals surface area (Å²) < 4.78 is 26.1. The van der Waals surface area contributed by atoms with Crippen LogP contribution in [0.1, 0.15) is 10.4 Å². The smallest absolute Gasteiger partial charge is 0.310 e. The summed E-state index contributed by atoms with van der Waals surface area (Å²) in [4.78, 5) is 23.4. The SMILES string of the molecule is O=C(O)C1CN(C(=O)c2cc(F)ccc2F)C1. The average Bonchev–Trinajstić information content (AvgIpc) is 2.18. The van der Waals surface area contributed by atoms with E-state index in [0.29, 0.717) is 0 Å². The number of likely N-dealkylation sites (tertiary alicyclic amines) is 1. The maximum Gasteiger partial charge on any atom is 0.310 e. The van der Waals surface area contributed by atoms with E-state index in [0.717, 1.165) is 18.2 Å². The van der Waals surface area contributed by atoms with Crippen molar-refractivity contribution in [1.82, 2.24) is 4.90 Å². The minimum atomic E-state index is -0.992. The van der Waals surface area contributed by atoms with Crippen LogP contribution >= 0.6 is 0 Å². The summed E-state index contributed by atoms with van der Waals surface area (Å²) in [6.45, 7) is 0.0637. The molecule has 0 atom stereocenters. The van der Waals surface area contributed by atoms with Crippen LogP contribution < -0.4 is 0 Å². The Balaban J connectivity index is 2.11. The van der Waals surface area contributed by atoms with Crippen LogP contribution in [0.5, 0.6) is 0 Å². The molecular formula is C11H9F2NO3. The van der Waals surface area contributed by atoms with Gasteiger partial charge in [-0.1, -0.05) is 0 Å². The molecule has 4 nitrogen and oxygen atoms in total. The Morgan fingerprint density at radius 3 is 2.53 bits per heavy atom. The van der Waals surface area contributed by atoms with Gasteiger partial charge in [0.2, 0.25) is 0 Å². The van der Waals surface area contributed by atoms with Crippen LogP contribution in [0.2, 0.25) is 0 Å². The molecule has 0 radical (unpaired) electrons. The van der Waals surface area contributed by atoms with Crippen molar-refractivity contribution >= 4 is 11.9 Å². The molecule has 1 heterocycles. The summed E-state index contributed by atoms with van der Waals surface area (Å²) in [6, 6.07) is 2.60. The molecule has 90 valence electrons. The van der Waals surface area contributed by atoms with Crippen molar-refractivity contribution in [1.29, 1.82) is 0 Å². The fourth-order valence-electron chi connectivity index (χ4n) is 1.63. The third kappa shape index (κ3) is 2.11. The second-order valence-corrected chi connectivity index (χ2v) is 3.87. The Kier molecular flexibility index (Phi) is 2.79. The Bertz CT molecular complexity index is 484. The topological polar surface area (TPSA) is 57.6 Å². The predicted molar refractivity (Wildman–Crippen MR) is 53.4 cm³/mol. The lowest BCUT2D eigenvalue weighted by atomic mass is 9.99. The number of aliphatic carboxylic acids is 1.